The quantitative estimate of drug-likeness (QED) is 0.904. The van der Waals surface area contributed by atoms with E-state index in [4.69, 9.17) is 11.6 Å². The Bertz CT molecular complexity index is 486. The minimum atomic E-state index is -3.37. The van der Waals surface area contributed by atoms with Crippen LogP contribution in [0.2, 0.25) is 4.34 Å². The minimum Gasteiger partial charge on any atom is -0.313 e. The summed E-state index contributed by atoms with van der Waals surface area (Å²) in [4.78, 5) is 0. The summed E-state index contributed by atoms with van der Waals surface area (Å²) in [5, 5.41) is 3.27. The molecule has 0 amide bonds. The molecular weight excluding hydrogens is 280 g/mol. The van der Waals surface area contributed by atoms with Crippen LogP contribution in [-0.2, 0) is 10.0 Å². The number of rotatable bonds is 2. The Hall–Kier alpha value is -0.140. The maximum absolute atomic E-state index is 12.3. The SMILES string of the molecule is CC1CN(S(=O)(=O)c2ccc(Cl)s2)CCCN1. The summed E-state index contributed by atoms with van der Waals surface area (Å²) in [5.74, 6) is 0. The van der Waals surface area contributed by atoms with E-state index in [1.54, 1.807) is 16.4 Å². The highest BCUT2D eigenvalue weighted by Gasteiger charge is 2.28. The Labute approximate surface area is 111 Å². The fourth-order valence-corrected chi connectivity index (χ4v) is 5.05. The van der Waals surface area contributed by atoms with Crippen LogP contribution in [0.4, 0.5) is 0 Å². The van der Waals surface area contributed by atoms with E-state index in [9.17, 15) is 8.42 Å². The zero-order valence-corrected chi connectivity index (χ0v) is 11.9. The molecule has 1 saturated heterocycles. The van der Waals surface area contributed by atoms with Crippen LogP contribution in [0.15, 0.2) is 16.3 Å². The van der Waals surface area contributed by atoms with Crippen molar-refractivity contribution in [2.24, 2.45) is 0 Å². The Morgan fingerprint density at radius 3 is 2.94 bits per heavy atom. The normalized spacial score (nSPS) is 23.5. The van der Waals surface area contributed by atoms with Gasteiger partial charge in [-0.25, -0.2) is 8.42 Å². The van der Waals surface area contributed by atoms with Gasteiger partial charge in [0.05, 0.1) is 4.34 Å². The lowest BCUT2D eigenvalue weighted by Crippen LogP contribution is -2.38. The molecule has 1 unspecified atom stereocenters. The molecule has 0 aliphatic carbocycles. The van der Waals surface area contributed by atoms with Crippen LogP contribution < -0.4 is 5.32 Å². The van der Waals surface area contributed by atoms with Crippen LogP contribution >= 0.6 is 22.9 Å². The van der Waals surface area contributed by atoms with Crippen LogP contribution in [0.3, 0.4) is 0 Å². The van der Waals surface area contributed by atoms with E-state index in [2.05, 4.69) is 5.32 Å². The fraction of sp³-hybridized carbons (Fsp3) is 0.600. The van der Waals surface area contributed by atoms with Crippen molar-refractivity contribution in [3.63, 3.8) is 0 Å². The van der Waals surface area contributed by atoms with Crippen molar-refractivity contribution in [2.75, 3.05) is 19.6 Å². The number of sulfonamides is 1. The maximum atomic E-state index is 12.3. The first-order chi connectivity index (χ1) is 8.00. The fourth-order valence-electron chi connectivity index (χ4n) is 1.85. The van der Waals surface area contributed by atoms with E-state index in [1.165, 1.54) is 0 Å². The van der Waals surface area contributed by atoms with Gasteiger partial charge >= 0.3 is 0 Å². The molecule has 0 radical (unpaired) electrons. The van der Waals surface area contributed by atoms with Crippen molar-refractivity contribution in [2.45, 2.75) is 23.6 Å². The van der Waals surface area contributed by atoms with Gasteiger partial charge in [-0.1, -0.05) is 11.6 Å². The topological polar surface area (TPSA) is 49.4 Å². The highest BCUT2D eigenvalue weighted by Crippen LogP contribution is 2.28. The van der Waals surface area contributed by atoms with Gasteiger partial charge < -0.3 is 5.32 Å². The zero-order chi connectivity index (χ0) is 12.5. The highest BCUT2D eigenvalue weighted by molar-refractivity contribution is 7.91. The first-order valence-corrected chi connectivity index (χ1v) is 8.12. The minimum absolute atomic E-state index is 0.183. The monoisotopic (exact) mass is 294 g/mol. The molecule has 7 heteroatoms. The van der Waals surface area contributed by atoms with Gasteiger partial charge in [-0.05, 0) is 32.0 Å². The van der Waals surface area contributed by atoms with Gasteiger partial charge in [0, 0.05) is 19.1 Å². The van der Waals surface area contributed by atoms with Crippen molar-refractivity contribution in [1.29, 1.82) is 0 Å². The zero-order valence-electron chi connectivity index (χ0n) is 9.52. The first kappa shape index (κ1) is 13.3. The predicted molar refractivity (Wildman–Crippen MR) is 70.2 cm³/mol. The Balaban J connectivity index is 2.25. The van der Waals surface area contributed by atoms with E-state index in [0.29, 0.717) is 21.6 Å². The van der Waals surface area contributed by atoms with Gasteiger partial charge in [0.15, 0.2) is 0 Å². The Kier molecular flexibility index (Phi) is 4.10. The van der Waals surface area contributed by atoms with E-state index in [1.807, 2.05) is 6.92 Å². The highest BCUT2D eigenvalue weighted by atomic mass is 35.5. The van der Waals surface area contributed by atoms with E-state index >= 15 is 0 Å². The number of hydrogen-bond acceptors (Lipinski definition) is 4. The Morgan fingerprint density at radius 2 is 2.29 bits per heavy atom. The third kappa shape index (κ3) is 3.00. The second kappa shape index (κ2) is 5.24. The van der Waals surface area contributed by atoms with E-state index < -0.39 is 10.0 Å². The number of thiophene rings is 1. The lowest BCUT2D eigenvalue weighted by atomic mass is 10.3. The average molecular weight is 295 g/mol. The third-order valence-corrected chi connectivity index (χ3v) is 6.26. The molecule has 1 aliphatic heterocycles. The molecule has 2 heterocycles. The molecule has 1 N–H and O–H groups in total. The molecule has 1 fully saturated rings. The van der Waals surface area contributed by atoms with E-state index in [-0.39, 0.29) is 6.04 Å². The molecule has 4 nitrogen and oxygen atoms in total. The molecule has 1 aromatic rings. The molecule has 0 bridgehead atoms. The number of halogens is 1. The van der Waals surface area contributed by atoms with Gasteiger partial charge in [-0.15, -0.1) is 11.3 Å². The molecule has 1 atom stereocenters. The van der Waals surface area contributed by atoms with Crippen LogP contribution in [0.25, 0.3) is 0 Å². The summed E-state index contributed by atoms with van der Waals surface area (Å²) in [6.07, 6.45) is 0.836. The van der Waals surface area contributed by atoms with Crippen molar-refractivity contribution in [3.8, 4) is 0 Å². The van der Waals surface area contributed by atoms with Crippen LogP contribution in [0.1, 0.15) is 13.3 Å². The van der Waals surface area contributed by atoms with Gasteiger partial charge in [0.2, 0.25) is 0 Å². The number of hydrogen-bond donors (Lipinski definition) is 1. The lowest BCUT2D eigenvalue weighted by Gasteiger charge is -2.21. The molecular formula is C10H15ClN2O2S2. The average Bonchev–Trinajstić information content (AvgIpc) is 2.57. The molecule has 17 heavy (non-hydrogen) atoms. The molecule has 1 aliphatic rings. The smallest absolute Gasteiger partial charge is 0.252 e. The largest absolute Gasteiger partial charge is 0.313 e. The maximum Gasteiger partial charge on any atom is 0.252 e. The summed E-state index contributed by atoms with van der Waals surface area (Å²) < 4.78 is 27.1. The lowest BCUT2D eigenvalue weighted by molar-refractivity contribution is 0.404. The summed E-state index contributed by atoms with van der Waals surface area (Å²) >= 11 is 6.90. The van der Waals surface area contributed by atoms with Crippen LogP contribution in [0, 0.1) is 0 Å². The summed E-state index contributed by atoms with van der Waals surface area (Å²) in [6.45, 7) is 3.93. The van der Waals surface area contributed by atoms with Gasteiger partial charge in [-0.3, -0.25) is 0 Å². The van der Waals surface area contributed by atoms with Crippen LogP contribution in [-0.4, -0.2) is 38.4 Å². The van der Waals surface area contributed by atoms with Crippen molar-refractivity contribution < 1.29 is 8.42 Å². The predicted octanol–water partition coefficient (Wildman–Crippen LogP) is 1.77. The van der Waals surface area contributed by atoms with Gasteiger partial charge in [-0.2, -0.15) is 4.31 Å². The van der Waals surface area contributed by atoms with Crippen molar-refractivity contribution >= 4 is 33.0 Å². The molecule has 96 valence electrons. The second-order valence-electron chi connectivity index (χ2n) is 4.13. The van der Waals surface area contributed by atoms with Crippen molar-refractivity contribution in [1.82, 2.24) is 9.62 Å². The summed E-state index contributed by atoms with van der Waals surface area (Å²) in [5.41, 5.74) is 0. The van der Waals surface area contributed by atoms with Gasteiger partial charge in [0.25, 0.3) is 10.0 Å². The molecule has 2 rings (SSSR count). The summed E-state index contributed by atoms with van der Waals surface area (Å²) in [6, 6.07) is 3.38. The van der Waals surface area contributed by atoms with E-state index in [0.717, 1.165) is 24.3 Å². The molecule has 0 saturated carbocycles. The molecule has 0 aromatic carbocycles. The van der Waals surface area contributed by atoms with Crippen molar-refractivity contribution in [3.05, 3.63) is 16.5 Å². The molecule has 1 aromatic heterocycles. The third-order valence-electron chi connectivity index (χ3n) is 2.70. The Morgan fingerprint density at radius 1 is 1.53 bits per heavy atom. The standard InChI is InChI=1S/C10H15ClN2O2S2/c1-8-7-13(6-2-5-12-8)17(14,15)10-4-3-9(11)16-10/h3-4,8,12H,2,5-7H2,1H3. The van der Waals surface area contributed by atoms with Gasteiger partial charge in [0.1, 0.15) is 4.21 Å². The van der Waals surface area contributed by atoms with Crippen LogP contribution in [0.5, 0.6) is 0 Å². The molecule has 0 spiro atoms. The first-order valence-electron chi connectivity index (χ1n) is 5.49. The summed E-state index contributed by atoms with van der Waals surface area (Å²) in [7, 11) is -3.37. The second-order valence-corrected chi connectivity index (χ2v) is 8.01. The number of nitrogens with one attached hydrogen (secondary N) is 1. The number of nitrogens with zero attached hydrogens (tertiary/aromatic N) is 1.